The molecule has 6 aromatic rings. The topological polar surface area (TPSA) is 101 Å². The highest BCUT2D eigenvalue weighted by Crippen LogP contribution is 2.37. The van der Waals surface area contributed by atoms with E-state index in [2.05, 4.69) is 31.0 Å². The highest BCUT2D eigenvalue weighted by Gasteiger charge is 2.17. The fraction of sp³-hybridized carbons (Fsp3) is 0.143. The lowest BCUT2D eigenvalue weighted by Gasteiger charge is -2.10. The lowest BCUT2D eigenvalue weighted by molar-refractivity contribution is 0.0988. The van der Waals surface area contributed by atoms with E-state index in [1.165, 1.54) is 11.3 Å². The zero-order valence-corrected chi connectivity index (χ0v) is 23.3. The fourth-order valence-corrected chi connectivity index (χ4v) is 5.07. The summed E-state index contributed by atoms with van der Waals surface area (Å²) in [6.07, 6.45) is 3.66. The average Bonchev–Trinajstić information content (AvgIpc) is 3.65. The van der Waals surface area contributed by atoms with Crippen molar-refractivity contribution in [3.63, 3.8) is 0 Å². The first-order valence-electron chi connectivity index (χ1n) is 11.9. The molecule has 0 N–H and O–H groups in total. The maximum Gasteiger partial charge on any atom is 0.294 e. The molecular formula is C28H21BrN4O5S. The van der Waals surface area contributed by atoms with Gasteiger partial charge >= 0.3 is 0 Å². The van der Waals surface area contributed by atoms with Crippen molar-refractivity contribution in [3.05, 3.63) is 88.3 Å². The maximum atomic E-state index is 12.7. The normalized spacial score (nSPS) is 11.3. The minimum Gasteiger partial charge on any atom is -0.496 e. The van der Waals surface area contributed by atoms with Crippen LogP contribution in [-0.4, -0.2) is 39.6 Å². The highest BCUT2D eigenvalue weighted by molar-refractivity contribution is 9.10. The predicted octanol–water partition coefficient (Wildman–Crippen LogP) is 6.38. The van der Waals surface area contributed by atoms with Crippen LogP contribution in [0.15, 0.2) is 75.9 Å². The molecule has 9 nitrogen and oxygen atoms in total. The number of halogens is 1. The van der Waals surface area contributed by atoms with E-state index >= 15 is 0 Å². The summed E-state index contributed by atoms with van der Waals surface area (Å²) >= 11 is 4.69. The van der Waals surface area contributed by atoms with E-state index in [9.17, 15) is 4.79 Å². The summed E-state index contributed by atoms with van der Waals surface area (Å²) in [6.45, 7) is 0.297. The summed E-state index contributed by atoms with van der Waals surface area (Å²) in [5.41, 5.74) is 3.51. The second kappa shape index (κ2) is 10.5. The number of methoxy groups -OCH3 is 2. The van der Waals surface area contributed by atoms with Crippen molar-refractivity contribution in [2.24, 2.45) is 0 Å². The average molecular weight is 605 g/mol. The number of furan rings is 1. The standard InChI is InChI=1S/C28H21BrN4O5S/c1-35-19-10-24(20-12-26(38-25(20)11-19)22-14-33-27(31-22)39-28(32-33)36-2)37-15-17-5-3-4-16(8-17)9-23(34)21-7-6-18(29)13-30-21/h3-8,10-14H,9,15H2,1-2H3. The molecule has 0 radical (unpaired) electrons. The molecule has 2 aromatic carbocycles. The summed E-state index contributed by atoms with van der Waals surface area (Å²) in [4.78, 5) is 22.2. The molecule has 6 rings (SSSR count). The van der Waals surface area contributed by atoms with Gasteiger partial charge < -0.3 is 18.6 Å². The summed E-state index contributed by atoms with van der Waals surface area (Å²) in [5.74, 6) is 1.76. The van der Waals surface area contributed by atoms with Gasteiger partial charge in [0.2, 0.25) is 4.96 Å². The fourth-order valence-electron chi connectivity index (χ4n) is 4.14. The lowest BCUT2D eigenvalue weighted by Crippen LogP contribution is -2.06. The lowest BCUT2D eigenvalue weighted by atomic mass is 10.0. The first-order chi connectivity index (χ1) is 19.0. The second-order valence-electron chi connectivity index (χ2n) is 8.64. The number of hydrogen-bond acceptors (Lipinski definition) is 9. The summed E-state index contributed by atoms with van der Waals surface area (Å²) in [7, 11) is 3.17. The smallest absolute Gasteiger partial charge is 0.294 e. The number of nitrogens with zero attached hydrogens (tertiary/aromatic N) is 4. The monoisotopic (exact) mass is 604 g/mol. The molecule has 0 unspecified atom stereocenters. The van der Waals surface area contributed by atoms with Crippen molar-refractivity contribution in [2.45, 2.75) is 13.0 Å². The van der Waals surface area contributed by atoms with Gasteiger partial charge in [0, 0.05) is 29.2 Å². The molecule has 11 heteroatoms. The minimum atomic E-state index is -0.0474. The van der Waals surface area contributed by atoms with Gasteiger partial charge in [-0.1, -0.05) is 24.3 Å². The van der Waals surface area contributed by atoms with E-state index in [4.69, 9.17) is 18.6 Å². The number of fused-ring (bicyclic) bond motifs is 2. The molecule has 0 spiro atoms. The Bertz CT molecular complexity index is 1780. The molecule has 0 aliphatic rings. The first kappa shape index (κ1) is 25.1. The third kappa shape index (κ3) is 5.23. The van der Waals surface area contributed by atoms with Crippen LogP contribution in [0.5, 0.6) is 16.7 Å². The number of Topliss-reactive ketones (excluding diaryl/α,β-unsaturated/α-hetero) is 1. The molecule has 0 aliphatic heterocycles. The van der Waals surface area contributed by atoms with Crippen LogP contribution in [0.2, 0.25) is 0 Å². The summed E-state index contributed by atoms with van der Waals surface area (Å²) in [5, 5.41) is 5.65. The van der Waals surface area contributed by atoms with Crippen molar-refractivity contribution in [1.82, 2.24) is 19.6 Å². The Hall–Kier alpha value is -4.22. The van der Waals surface area contributed by atoms with Gasteiger partial charge in [-0.05, 0) is 56.6 Å². The SMILES string of the molecule is COc1cc(OCc2cccc(CC(=O)c3ccc(Br)cn3)c2)c2cc(-c3cn4nc(OC)sc4n3)oc2c1. The van der Waals surface area contributed by atoms with Crippen LogP contribution < -0.4 is 14.2 Å². The molecule has 39 heavy (non-hydrogen) atoms. The van der Waals surface area contributed by atoms with Crippen LogP contribution in [0.25, 0.3) is 27.4 Å². The highest BCUT2D eigenvalue weighted by atomic mass is 79.9. The maximum absolute atomic E-state index is 12.7. The number of pyridine rings is 1. The number of imidazole rings is 1. The van der Waals surface area contributed by atoms with Gasteiger partial charge in [0.1, 0.15) is 35.1 Å². The van der Waals surface area contributed by atoms with E-state index in [1.54, 1.807) is 37.2 Å². The largest absolute Gasteiger partial charge is 0.496 e. The summed E-state index contributed by atoms with van der Waals surface area (Å²) in [6, 6.07) is 16.8. The number of hydrogen-bond donors (Lipinski definition) is 0. The molecule has 0 aliphatic carbocycles. The van der Waals surface area contributed by atoms with Crippen LogP contribution in [-0.2, 0) is 13.0 Å². The van der Waals surface area contributed by atoms with E-state index in [-0.39, 0.29) is 12.2 Å². The Morgan fingerprint density at radius 2 is 1.95 bits per heavy atom. The molecular weight excluding hydrogens is 584 g/mol. The van der Waals surface area contributed by atoms with Crippen molar-refractivity contribution in [1.29, 1.82) is 0 Å². The number of rotatable bonds is 9. The van der Waals surface area contributed by atoms with Crippen molar-refractivity contribution in [3.8, 4) is 28.1 Å². The van der Waals surface area contributed by atoms with Crippen LogP contribution in [0.3, 0.4) is 0 Å². The van der Waals surface area contributed by atoms with Gasteiger partial charge in [0.25, 0.3) is 5.19 Å². The minimum absolute atomic E-state index is 0.0474. The van der Waals surface area contributed by atoms with Crippen LogP contribution in [0, 0.1) is 0 Å². The van der Waals surface area contributed by atoms with E-state index < -0.39 is 0 Å². The molecule has 4 aromatic heterocycles. The zero-order chi connectivity index (χ0) is 26.9. The number of ether oxygens (including phenoxy) is 3. The van der Waals surface area contributed by atoms with E-state index in [0.717, 1.165) is 21.0 Å². The molecule has 0 fully saturated rings. The Morgan fingerprint density at radius 1 is 1.08 bits per heavy atom. The molecule has 0 saturated carbocycles. The third-order valence-corrected chi connectivity index (χ3v) is 7.38. The molecule has 0 atom stereocenters. The Balaban J connectivity index is 1.23. The van der Waals surface area contributed by atoms with Crippen LogP contribution in [0.4, 0.5) is 0 Å². The van der Waals surface area contributed by atoms with E-state index in [0.29, 0.717) is 51.0 Å². The molecule has 196 valence electrons. The number of carbonyl (C=O) groups excluding carboxylic acids is 1. The van der Waals surface area contributed by atoms with Crippen molar-refractivity contribution >= 4 is 49.0 Å². The second-order valence-corrected chi connectivity index (χ2v) is 10.5. The molecule has 0 amide bonds. The van der Waals surface area contributed by atoms with Crippen LogP contribution >= 0.6 is 27.3 Å². The van der Waals surface area contributed by atoms with Gasteiger partial charge in [-0.3, -0.25) is 9.78 Å². The third-order valence-electron chi connectivity index (χ3n) is 6.02. The van der Waals surface area contributed by atoms with Crippen molar-refractivity contribution in [2.75, 3.05) is 14.2 Å². The Kier molecular flexibility index (Phi) is 6.76. The summed E-state index contributed by atoms with van der Waals surface area (Å²) < 4.78 is 25.5. The Labute approximate surface area is 235 Å². The molecule has 4 heterocycles. The van der Waals surface area contributed by atoms with Gasteiger partial charge in [-0.2, -0.15) is 0 Å². The van der Waals surface area contributed by atoms with Gasteiger partial charge in [-0.15, -0.1) is 5.10 Å². The first-order valence-corrected chi connectivity index (χ1v) is 13.5. The quantitative estimate of drug-likeness (QED) is 0.175. The van der Waals surface area contributed by atoms with Crippen LogP contribution in [0.1, 0.15) is 21.6 Å². The molecule has 0 bridgehead atoms. The van der Waals surface area contributed by atoms with Crippen molar-refractivity contribution < 1.29 is 23.4 Å². The number of carbonyl (C=O) groups is 1. The van der Waals surface area contributed by atoms with Gasteiger partial charge in [0.05, 0.1) is 25.8 Å². The predicted molar refractivity (Wildman–Crippen MR) is 150 cm³/mol. The zero-order valence-electron chi connectivity index (χ0n) is 20.9. The number of aromatic nitrogens is 4. The van der Waals surface area contributed by atoms with Gasteiger partial charge in [-0.25, -0.2) is 9.50 Å². The van der Waals surface area contributed by atoms with E-state index in [1.807, 2.05) is 48.5 Å². The number of benzene rings is 2. The van der Waals surface area contributed by atoms with Gasteiger partial charge in [0.15, 0.2) is 11.5 Å². The number of ketones is 1. The molecule has 0 saturated heterocycles. The Morgan fingerprint density at radius 3 is 2.72 bits per heavy atom.